The number of para-hydroxylation sites is 1. The summed E-state index contributed by atoms with van der Waals surface area (Å²) in [4.78, 5) is 0. The van der Waals surface area contributed by atoms with Crippen LogP contribution < -0.4 is 5.32 Å². The van der Waals surface area contributed by atoms with Gasteiger partial charge in [-0.3, -0.25) is 0 Å². The molecule has 1 aliphatic heterocycles. The zero-order valence-corrected chi connectivity index (χ0v) is 11.8. The van der Waals surface area contributed by atoms with Gasteiger partial charge in [-0.2, -0.15) is 0 Å². The highest BCUT2D eigenvalue weighted by Crippen LogP contribution is 2.46. The molecular weight excluding hydrogens is 254 g/mol. The van der Waals surface area contributed by atoms with Gasteiger partial charge in [0.1, 0.15) is 0 Å². The lowest BCUT2D eigenvalue weighted by atomic mass is 9.71. The molecule has 0 saturated heterocycles. The van der Waals surface area contributed by atoms with Crippen LogP contribution in [0.5, 0.6) is 0 Å². The number of nitrogens with one attached hydrogen (secondary N) is 1. The molecular formula is C20H17N. The van der Waals surface area contributed by atoms with Gasteiger partial charge in [-0.05, 0) is 22.8 Å². The molecule has 21 heavy (non-hydrogen) atoms. The third-order valence-electron chi connectivity index (χ3n) is 4.46. The fourth-order valence-electron chi connectivity index (χ4n) is 3.46. The first-order valence-electron chi connectivity index (χ1n) is 7.36. The van der Waals surface area contributed by atoms with Crippen molar-refractivity contribution in [2.24, 2.45) is 0 Å². The molecule has 102 valence electrons. The summed E-state index contributed by atoms with van der Waals surface area (Å²) in [6.45, 7) is 0.903. The van der Waals surface area contributed by atoms with Crippen molar-refractivity contribution >= 4 is 5.69 Å². The molecule has 0 fully saturated rings. The summed E-state index contributed by atoms with van der Waals surface area (Å²) in [6.07, 6.45) is 0. The van der Waals surface area contributed by atoms with Crippen LogP contribution >= 0.6 is 0 Å². The lowest BCUT2D eigenvalue weighted by Gasteiger charge is -2.31. The third kappa shape index (κ3) is 1.78. The van der Waals surface area contributed by atoms with Crippen LogP contribution in [-0.4, -0.2) is 6.54 Å². The fourth-order valence-corrected chi connectivity index (χ4v) is 3.46. The average Bonchev–Trinajstić information content (AvgIpc) is 2.97. The Hall–Kier alpha value is -2.54. The van der Waals surface area contributed by atoms with E-state index in [0.29, 0.717) is 0 Å². The molecule has 1 aliphatic rings. The minimum atomic E-state index is -0.0981. The van der Waals surface area contributed by atoms with E-state index in [2.05, 4.69) is 90.2 Å². The standard InChI is InChI=1S/C20H17N/c1-3-9-16(10-4-1)20(17-11-5-2-6-12-17)15-21-19-14-8-7-13-18(19)20/h1-14,21H,15H2. The SMILES string of the molecule is c1ccc(C2(c3ccccc3)CNc3ccccc32)cc1. The lowest BCUT2D eigenvalue weighted by Crippen LogP contribution is -2.31. The van der Waals surface area contributed by atoms with E-state index in [4.69, 9.17) is 0 Å². The van der Waals surface area contributed by atoms with Crippen LogP contribution in [0.3, 0.4) is 0 Å². The van der Waals surface area contributed by atoms with E-state index in [9.17, 15) is 0 Å². The van der Waals surface area contributed by atoms with E-state index in [1.807, 2.05) is 0 Å². The largest absolute Gasteiger partial charge is 0.383 e. The Morgan fingerprint density at radius 2 is 1.14 bits per heavy atom. The van der Waals surface area contributed by atoms with Crippen LogP contribution in [0.1, 0.15) is 16.7 Å². The molecule has 0 bridgehead atoms. The second-order valence-electron chi connectivity index (χ2n) is 5.54. The summed E-state index contributed by atoms with van der Waals surface area (Å²) in [5, 5.41) is 3.59. The van der Waals surface area contributed by atoms with Gasteiger partial charge >= 0.3 is 0 Å². The number of benzene rings is 3. The Balaban J connectivity index is 2.02. The second kappa shape index (κ2) is 4.78. The summed E-state index contributed by atoms with van der Waals surface area (Å²) in [6, 6.07) is 30.2. The predicted molar refractivity (Wildman–Crippen MR) is 87.7 cm³/mol. The summed E-state index contributed by atoms with van der Waals surface area (Å²) in [7, 11) is 0. The monoisotopic (exact) mass is 271 g/mol. The van der Waals surface area contributed by atoms with E-state index < -0.39 is 0 Å². The first-order valence-corrected chi connectivity index (χ1v) is 7.36. The van der Waals surface area contributed by atoms with Crippen LogP contribution in [0.25, 0.3) is 0 Å². The van der Waals surface area contributed by atoms with Crippen LogP contribution in [-0.2, 0) is 5.41 Å². The molecule has 1 heteroatoms. The molecule has 0 aliphatic carbocycles. The maximum Gasteiger partial charge on any atom is 0.0643 e. The number of hydrogen-bond donors (Lipinski definition) is 1. The molecule has 0 aromatic heterocycles. The van der Waals surface area contributed by atoms with Crippen LogP contribution in [0.4, 0.5) is 5.69 Å². The summed E-state index contributed by atoms with van der Waals surface area (Å²) < 4.78 is 0. The number of fused-ring (bicyclic) bond motifs is 1. The quantitative estimate of drug-likeness (QED) is 0.726. The Bertz CT molecular complexity index is 708. The molecule has 1 nitrogen and oxygen atoms in total. The molecule has 0 radical (unpaired) electrons. The van der Waals surface area contributed by atoms with Crippen molar-refractivity contribution in [3.63, 3.8) is 0 Å². The highest BCUT2D eigenvalue weighted by molar-refractivity contribution is 5.68. The Morgan fingerprint density at radius 1 is 0.619 bits per heavy atom. The van der Waals surface area contributed by atoms with Crippen molar-refractivity contribution in [3.8, 4) is 0 Å². The Morgan fingerprint density at radius 3 is 1.76 bits per heavy atom. The number of anilines is 1. The van der Waals surface area contributed by atoms with Crippen molar-refractivity contribution in [2.45, 2.75) is 5.41 Å². The van der Waals surface area contributed by atoms with Gasteiger partial charge in [0.05, 0.1) is 5.41 Å². The number of rotatable bonds is 2. The third-order valence-corrected chi connectivity index (χ3v) is 4.46. The summed E-state index contributed by atoms with van der Waals surface area (Å²) >= 11 is 0. The molecule has 0 unspecified atom stereocenters. The molecule has 3 aromatic rings. The van der Waals surface area contributed by atoms with Gasteiger partial charge in [0.15, 0.2) is 0 Å². The van der Waals surface area contributed by atoms with Gasteiger partial charge in [-0.25, -0.2) is 0 Å². The zero-order valence-electron chi connectivity index (χ0n) is 11.8. The van der Waals surface area contributed by atoms with E-state index in [1.165, 1.54) is 22.4 Å². The minimum Gasteiger partial charge on any atom is -0.383 e. The minimum absolute atomic E-state index is 0.0981. The molecule has 0 spiro atoms. The first kappa shape index (κ1) is 12.2. The van der Waals surface area contributed by atoms with Gasteiger partial charge < -0.3 is 5.32 Å². The molecule has 0 amide bonds. The Labute approximate surface area is 125 Å². The van der Waals surface area contributed by atoms with Crippen LogP contribution in [0.2, 0.25) is 0 Å². The van der Waals surface area contributed by atoms with Crippen LogP contribution in [0.15, 0.2) is 84.9 Å². The first-order chi connectivity index (χ1) is 10.4. The van der Waals surface area contributed by atoms with Crippen molar-refractivity contribution in [1.82, 2.24) is 0 Å². The van der Waals surface area contributed by atoms with E-state index in [0.717, 1.165) is 6.54 Å². The maximum atomic E-state index is 3.59. The van der Waals surface area contributed by atoms with Gasteiger partial charge in [0.2, 0.25) is 0 Å². The normalized spacial score (nSPS) is 15.2. The zero-order chi connectivity index (χ0) is 14.1. The maximum absolute atomic E-state index is 3.59. The summed E-state index contributed by atoms with van der Waals surface area (Å²) in [5.41, 5.74) is 5.19. The van der Waals surface area contributed by atoms with E-state index in [-0.39, 0.29) is 5.41 Å². The van der Waals surface area contributed by atoms with E-state index >= 15 is 0 Å². The molecule has 0 atom stereocenters. The van der Waals surface area contributed by atoms with Crippen molar-refractivity contribution in [2.75, 3.05) is 11.9 Å². The fraction of sp³-hybridized carbons (Fsp3) is 0.100. The molecule has 1 N–H and O–H groups in total. The number of hydrogen-bond acceptors (Lipinski definition) is 1. The van der Waals surface area contributed by atoms with Crippen LogP contribution in [0, 0.1) is 0 Å². The van der Waals surface area contributed by atoms with Gasteiger partial charge in [0, 0.05) is 12.2 Å². The molecule has 3 aromatic carbocycles. The van der Waals surface area contributed by atoms with Gasteiger partial charge in [0.25, 0.3) is 0 Å². The predicted octanol–water partition coefficient (Wildman–Crippen LogP) is 4.45. The Kier molecular flexibility index (Phi) is 2.78. The van der Waals surface area contributed by atoms with Crippen molar-refractivity contribution < 1.29 is 0 Å². The molecule has 1 heterocycles. The van der Waals surface area contributed by atoms with Gasteiger partial charge in [-0.15, -0.1) is 0 Å². The van der Waals surface area contributed by atoms with Gasteiger partial charge in [-0.1, -0.05) is 78.9 Å². The second-order valence-corrected chi connectivity index (χ2v) is 5.54. The smallest absolute Gasteiger partial charge is 0.0643 e. The average molecular weight is 271 g/mol. The highest BCUT2D eigenvalue weighted by Gasteiger charge is 2.41. The summed E-state index contributed by atoms with van der Waals surface area (Å²) in [5.74, 6) is 0. The van der Waals surface area contributed by atoms with E-state index in [1.54, 1.807) is 0 Å². The van der Waals surface area contributed by atoms with Crippen molar-refractivity contribution in [1.29, 1.82) is 0 Å². The van der Waals surface area contributed by atoms with Crippen molar-refractivity contribution in [3.05, 3.63) is 102 Å². The molecule has 4 rings (SSSR count). The topological polar surface area (TPSA) is 12.0 Å². The highest BCUT2D eigenvalue weighted by atomic mass is 14.9. The lowest BCUT2D eigenvalue weighted by molar-refractivity contribution is 0.686. The molecule has 0 saturated carbocycles.